The molecule has 4 nitrogen and oxygen atoms in total. The second-order valence-electron chi connectivity index (χ2n) is 5.83. The summed E-state index contributed by atoms with van der Waals surface area (Å²) < 4.78 is 2.11. The van der Waals surface area contributed by atoms with Crippen molar-refractivity contribution >= 4 is 17.5 Å². The van der Waals surface area contributed by atoms with Gasteiger partial charge in [0.25, 0.3) is 0 Å². The van der Waals surface area contributed by atoms with Crippen molar-refractivity contribution in [3.8, 4) is 0 Å². The van der Waals surface area contributed by atoms with E-state index in [1.807, 2.05) is 13.1 Å². The molecule has 5 heteroatoms. The molecule has 0 aliphatic heterocycles. The minimum absolute atomic E-state index is 0.774. The zero-order valence-electron chi connectivity index (χ0n) is 14.1. The van der Waals surface area contributed by atoms with Crippen LogP contribution in [-0.2, 0) is 13.1 Å². The van der Waals surface area contributed by atoms with Gasteiger partial charge in [0.1, 0.15) is 0 Å². The van der Waals surface area contributed by atoms with E-state index in [0.29, 0.717) is 0 Å². The van der Waals surface area contributed by atoms with E-state index in [1.165, 1.54) is 21.7 Å². The molecule has 1 N–H and O–H groups in total. The van der Waals surface area contributed by atoms with Gasteiger partial charge in [0.05, 0.1) is 11.9 Å². The molecule has 0 fully saturated rings. The average molecular weight is 326 g/mol. The van der Waals surface area contributed by atoms with Crippen molar-refractivity contribution in [2.24, 2.45) is 0 Å². The summed E-state index contributed by atoms with van der Waals surface area (Å²) in [6, 6.07) is 8.73. The molecule has 0 amide bonds. The quantitative estimate of drug-likeness (QED) is 0.727. The fourth-order valence-corrected chi connectivity index (χ4v) is 3.49. The second kappa shape index (κ2) is 6.72. The second-order valence-corrected chi connectivity index (χ2v) is 6.68. The van der Waals surface area contributed by atoms with Gasteiger partial charge in [-0.3, -0.25) is 4.40 Å². The van der Waals surface area contributed by atoms with Crippen molar-refractivity contribution < 1.29 is 0 Å². The minimum Gasteiger partial charge on any atom is -0.307 e. The number of imidazole rings is 1. The van der Waals surface area contributed by atoms with Gasteiger partial charge in [-0.25, -0.2) is 9.97 Å². The number of benzene rings is 1. The van der Waals surface area contributed by atoms with Crippen LogP contribution in [-0.4, -0.2) is 20.6 Å². The monoisotopic (exact) mass is 326 g/mol. The van der Waals surface area contributed by atoms with Crippen LogP contribution in [0, 0.1) is 20.8 Å². The fraction of sp³-hybridized carbons (Fsp3) is 0.333. The SMILES string of the molecule is CSc1ccc(CNCc2cnc3nc(C)cc(C)n23)cc1C. The summed E-state index contributed by atoms with van der Waals surface area (Å²) in [7, 11) is 0. The predicted molar refractivity (Wildman–Crippen MR) is 96.0 cm³/mol. The summed E-state index contributed by atoms with van der Waals surface area (Å²) >= 11 is 1.79. The molecule has 0 aliphatic rings. The summed E-state index contributed by atoms with van der Waals surface area (Å²) in [6.45, 7) is 7.88. The van der Waals surface area contributed by atoms with Crippen LogP contribution in [0.1, 0.15) is 28.2 Å². The summed E-state index contributed by atoms with van der Waals surface area (Å²) in [5.74, 6) is 0.777. The van der Waals surface area contributed by atoms with E-state index < -0.39 is 0 Å². The standard InChI is InChI=1S/C18H22N4S/c1-12-7-15(5-6-17(12)23-4)9-19-10-16-11-20-18-21-13(2)8-14(3)22(16)18/h5-8,11,19H,9-10H2,1-4H3. The van der Waals surface area contributed by atoms with E-state index in [4.69, 9.17) is 0 Å². The van der Waals surface area contributed by atoms with Crippen molar-refractivity contribution in [2.45, 2.75) is 38.8 Å². The predicted octanol–water partition coefficient (Wildman–Crippen LogP) is 3.67. The lowest BCUT2D eigenvalue weighted by molar-refractivity contribution is 0.671. The van der Waals surface area contributed by atoms with Gasteiger partial charge in [-0.05, 0) is 50.3 Å². The van der Waals surface area contributed by atoms with Gasteiger partial charge in [0.15, 0.2) is 0 Å². The molecule has 0 saturated heterocycles. The van der Waals surface area contributed by atoms with Gasteiger partial charge in [0.2, 0.25) is 5.78 Å². The Morgan fingerprint density at radius 3 is 2.70 bits per heavy atom. The first-order valence-electron chi connectivity index (χ1n) is 7.73. The Bertz CT molecular complexity index is 838. The first-order chi connectivity index (χ1) is 11.1. The molecule has 0 spiro atoms. The number of fused-ring (bicyclic) bond motifs is 1. The van der Waals surface area contributed by atoms with Crippen LogP contribution >= 0.6 is 11.8 Å². The third kappa shape index (κ3) is 3.41. The van der Waals surface area contributed by atoms with Gasteiger partial charge in [-0.2, -0.15) is 0 Å². The molecule has 0 unspecified atom stereocenters. The van der Waals surface area contributed by atoms with Gasteiger partial charge in [-0.1, -0.05) is 12.1 Å². The molecule has 0 aliphatic carbocycles. The lowest BCUT2D eigenvalue weighted by atomic mass is 10.1. The van der Waals surface area contributed by atoms with Crippen molar-refractivity contribution in [2.75, 3.05) is 6.26 Å². The number of hydrogen-bond donors (Lipinski definition) is 1. The Hall–Kier alpha value is -1.85. The van der Waals surface area contributed by atoms with E-state index >= 15 is 0 Å². The van der Waals surface area contributed by atoms with Crippen molar-refractivity contribution in [3.63, 3.8) is 0 Å². The highest BCUT2D eigenvalue weighted by molar-refractivity contribution is 7.98. The smallest absolute Gasteiger partial charge is 0.234 e. The zero-order chi connectivity index (χ0) is 16.4. The largest absolute Gasteiger partial charge is 0.307 e. The van der Waals surface area contributed by atoms with E-state index in [0.717, 1.165) is 30.3 Å². The maximum atomic E-state index is 4.48. The maximum absolute atomic E-state index is 4.48. The lowest BCUT2D eigenvalue weighted by Gasteiger charge is -2.09. The molecule has 3 aromatic rings. The number of thioether (sulfide) groups is 1. The molecule has 3 rings (SSSR count). The van der Waals surface area contributed by atoms with Crippen molar-refractivity contribution in [3.05, 3.63) is 58.7 Å². The molecule has 0 bridgehead atoms. The van der Waals surface area contributed by atoms with Crippen LogP contribution in [0.25, 0.3) is 5.78 Å². The number of aryl methyl sites for hydroxylation is 3. The van der Waals surface area contributed by atoms with Crippen LogP contribution in [0.5, 0.6) is 0 Å². The minimum atomic E-state index is 0.774. The Kier molecular flexibility index (Phi) is 4.68. The maximum Gasteiger partial charge on any atom is 0.234 e. The summed E-state index contributed by atoms with van der Waals surface area (Å²) in [5.41, 5.74) is 5.95. The van der Waals surface area contributed by atoms with Crippen molar-refractivity contribution in [1.29, 1.82) is 0 Å². The molecular formula is C18H22N4S. The van der Waals surface area contributed by atoms with Crippen LogP contribution < -0.4 is 5.32 Å². The van der Waals surface area contributed by atoms with Gasteiger partial charge in [0, 0.05) is 29.4 Å². The van der Waals surface area contributed by atoms with E-state index in [9.17, 15) is 0 Å². The normalized spacial score (nSPS) is 11.3. The highest BCUT2D eigenvalue weighted by Crippen LogP contribution is 2.20. The molecular weight excluding hydrogens is 304 g/mol. The average Bonchev–Trinajstić information content (AvgIpc) is 2.90. The first kappa shape index (κ1) is 16.0. The van der Waals surface area contributed by atoms with Crippen LogP contribution in [0.4, 0.5) is 0 Å². The molecule has 2 aromatic heterocycles. The Balaban J connectivity index is 1.71. The topological polar surface area (TPSA) is 42.2 Å². The van der Waals surface area contributed by atoms with Crippen LogP contribution in [0.2, 0.25) is 0 Å². The Labute approximate surface area is 141 Å². The van der Waals surface area contributed by atoms with Gasteiger partial charge >= 0.3 is 0 Å². The zero-order valence-corrected chi connectivity index (χ0v) is 14.9. The Morgan fingerprint density at radius 2 is 1.96 bits per heavy atom. The summed E-state index contributed by atoms with van der Waals surface area (Å²) in [6.07, 6.45) is 4.02. The van der Waals surface area contributed by atoms with Crippen molar-refractivity contribution in [1.82, 2.24) is 19.7 Å². The number of nitrogens with zero attached hydrogens (tertiary/aromatic N) is 3. The van der Waals surface area contributed by atoms with Gasteiger partial charge < -0.3 is 5.32 Å². The van der Waals surface area contributed by atoms with E-state index in [2.05, 4.69) is 64.1 Å². The molecule has 120 valence electrons. The lowest BCUT2D eigenvalue weighted by Crippen LogP contribution is -2.15. The third-order valence-corrected chi connectivity index (χ3v) is 4.86. The Morgan fingerprint density at radius 1 is 1.13 bits per heavy atom. The van der Waals surface area contributed by atoms with Gasteiger partial charge in [-0.15, -0.1) is 11.8 Å². The summed E-state index contributed by atoms with van der Waals surface area (Å²) in [5, 5.41) is 3.51. The number of aromatic nitrogens is 3. The molecule has 0 atom stereocenters. The highest BCUT2D eigenvalue weighted by atomic mass is 32.2. The fourth-order valence-electron chi connectivity index (χ4n) is 2.91. The molecule has 0 saturated carbocycles. The number of hydrogen-bond acceptors (Lipinski definition) is 4. The van der Waals surface area contributed by atoms with Crippen LogP contribution in [0.3, 0.4) is 0 Å². The molecule has 2 heterocycles. The highest BCUT2D eigenvalue weighted by Gasteiger charge is 2.07. The molecule has 23 heavy (non-hydrogen) atoms. The van der Waals surface area contributed by atoms with E-state index in [1.54, 1.807) is 11.8 Å². The summed E-state index contributed by atoms with van der Waals surface area (Å²) in [4.78, 5) is 10.2. The third-order valence-electron chi connectivity index (χ3n) is 3.96. The molecule has 0 radical (unpaired) electrons. The molecule has 1 aromatic carbocycles. The number of rotatable bonds is 5. The van der Waals surface area contributed by atoms with E-state index in [-0.39, 0.29) is 0 Å². The van der Waals surface area contributed by atoms with Crippen LogP contribution in [0.15, 0.2) is 35.4 Å². The number of nitrogens with one attached hydrogen (secondary N) is 1. The first-order valence-corrected chi connectivity index (χ1v) is 8.96.